The Kier molecular flexibility index (Phi) is 6.65. The van der Waals surface area contributed by atoms with Gasteiger partial charge in [0.05, 0.1) is 7.11 Å². The van der Waals surface area contributed by atoms with Gasteiger partial charge in [-0.05, 0) is 47.4 Å². The number of hydrogen-bond donors (Lipinski definition) is 3. The van der Waals surface area contributed by atoms with Gasteiger partial charge in [-0.25, -0.2) is 10.2 Å². The Hall–Kier alpha value is -3.22. The number of carbonyl (C=O) groups is 2. The van der Waals surface area contributed by atoms with Crippen molar-refractivity contribution in [2.45, 2.75) is 26.2 Å². The zero-order valence-corrected chi connectivity index (χ0v) is 16.0. The average Bonchev–Trinajstić information content (AvgIpc) is 2.65. The highest BCUT2D eigenvalue weighted by molar-refractivity contribution is 5.91. The highest BCUT2D eigenvalue weighted by atomic mass is 16.5. The number of methoxy groups -OCH3 is 1. The summed E-state index contributed by atoms with van der Waals surface area (Å²) in [5, 5.41) is 2.58. The number of hydrazine groups is 1. The van der Waals surface area contributed by atoms with E-state index in [2.05, 4.69) is 36.9 Å². The van der Waals surface area contributed by atoms with Crippen LogP contribution in [0.1, 0.15) is 26.3 Å². The molecule has 0 atom stereocenters. The van der Waals surface area contributed by atoms with Gasteiger partial charge in [-0.1, -0.05) is 32.9 Å². The number of ether oxygens (including phenoxy) is 2. The third-order valence-electron chi connectivity index (χ3n) is 3.75. The Morgan fingerprint density at radius 2 is 1.48 bits per heavy atom. The van der Waals surface area contributed by atoms with E-state index < -0.39 is 11.9 Å². The summed E-state index contributed by atoms with van der Waals surface area (Å²) >= 11 is 0. The van der Waals surface area contributed by atoms with Gasteiger partial charge in [0.2, 0.25) is 0 Å². The van der Waals surface area contributed by atoms with Gasteiger partial charge >= 0.3 is 6.03 Å². The Labute approximate surface area is 159 Å². The van der Waals surface area contributed by atoms with Crippen molar-refractivity contribution in [2.75, 3.05) is 19.0 Å². The first kappa shape index (κ1) is 20.1. The lowest BCUT2D eigenvalue weighted by Gasteiger charge is -2.19. The van der Waals surface area contributed by atoms with Crippen molar-refractivity contribution < 1.29 is 19.1 Å². The second-order valence-corrected chi connectivity index (χ2v) is 6.92. The van der Waals surface area contributed by atoms with E-state index in [9.17, 15) is 9.59 Å². The summed E-state index contributed by atoms with van der Waals surface area (Å²) in [7, 11) is 1.56. The zero-order chi connectivity index (χ0) is 19.9. The number of benzene rings is 2. The topological polar surface area (TPSA) is 88.7 Å². The number of anilines is 1. The molecule has 0 saturated carbocycles. The van der Waals surface area contributed by atoms with Crippen molar-refractivity contribution in [1.82, 2.24) is 10.9 Å². The molecule has 0 spiro atoms. The summed E-state index contributed by atoms with van der Waals surface area (Å²) in [5.41, 5.74) is 6.34. The monoisotopic (exact) mass is 371 g/mol. The second-order valence-electron chi connectivity index (χ2n) is 6.92. The molecule has 3 N–H and O–H groups in total. The van der Waals surface area contributed by atoms with Gasteiger partial charge < -0.3 is 14.8 Å². The van der Waals surface area contributed by atoms with E-state index in [-0.39, 0.29) is 12.0 Å². The van der Waals surface area contributed by atoms with E-state index in [0.29, 0.717) is 17.2 Å². The lowest BCUT2D eigenvalue weighted by atomic mass is 9.87. The van der Waals surface area contributed by atoms with Crippen molar-refractivity contribution in [2.24, 2.45) is 0 Å². The highest BCUT2D eigenvalue weighted by Crippen LogP contribution is 2.24. The third kappa shape index (κ3) is 6.54. The quantitative estimate of drug-likeness (QED) is 0.704. The normalized spacial score (nSPS) is 10.7. The Bertz CT molecular complexity index is 765. The van der Waals surface area contributed by atoms with Gasteiger partial charge in [-0.15, -0.1) is 0 Å². The lowest BCUT2D eigenvalue weighted by Crippen LogP contribution is -2.45. The minimum Gasteiger partial charge on any atom is -0.497 e. The summed E-state index contributed by atoms with van der Waals surface area (Å²) in [4.78, 5) is 23.6. The standard InChI is InChI=1S/C20H25N3O4/c1-20(2,3)14-5-9-17(10-6-14)27-13-18(24)22-23-19(25)21-15-7-11-16(26-4)12-8-15/h5-12H,13H2,1-4H3,(H,22,24)(H2,21,23,25). The van der Waals surface area contributed by atoms with E-state index in [4.69, 9.17) is 9.47 Å². The first-order chi connectivity index (χ1) is 12.8. The molecule has 2 aromatic carbocycles. The molecule has 2 rings (SSSR count). The minimum absolute atomic E-state index is 0.0527. The van der Waals surface area contributed by atoms with E-state index in [1.54, 1.807) is 31.4 Å². The molecule has 0 aliphatic heterocycles. The molecule has 0 heterocycles. The zero-order valence-electron chi connectivity index (χ0n) is 16.0. The van der Waals surface area contributed by atoms with Gasteiger partial charge in [0, 0.05) is 5.69 Å². The Balaban J connectivity index is 1.73. The molecule has 0 aliphatic carbocycles. The lowest BCUT2D eigenvalue weighted by molar-refractivity contribution is -0.123. The summed E-state index contributed by atoms with van der Waals surface area (Å²) in [6, 6.07) is 13.8. The highest BCUT2D eigenvalue weighted by Gasteiger charge is 2.13. The molecule has 7 nitrogen and oxygen atoms in total. The second kappa shape index (κ2) is 8.93. The third-order valence-corrected chi connectivity index (χ3v) is 3.75. The number of amides is 3. The van der Waals surface area contributed by atoms with E-state index in [1.807, 2.05) is 24.3 Å². The maximum atomic E-state index is 11.8. The SMILES string of the molecule is COc1ccc(NC(=O)NNC(=O)COc2ccc(C(C)(C)C)cc2)cc1. The van der Waals surface area contributed by atoms with Crippen LogP contribution >= 0.6 is 0 Å². The molecule has 0 saturated heterocycles. The van der Waals surface area contributed by atoms with Gasteiger partial charge in [0.25, 0.3) is 5.91 Å². The van der Waals surface area contributed by atoms with Crippen LogP contribution < -0.4 is 25.6 Å². The number of carbonyl (C=O) groups excluding carboxylic acids is 2. The maximum Gasteiger partial charge on any atom is 0.337 e. The van der Waals surface area contributed by atoms with Gasteiger partial charge in [-0.3, -0.25) is 10.2 Å². The van der Waals surface area contributed by atoms with Crippen LogP contribution in [0.25, 0.3) is 0 Å². The molecule has 27 heavy (non-hydrogen) atoms. The van der Waals surface area contributed by atoms with Gasteiger partial charge in [-0.2, -0.15) is 0 Å². The van der Waals surface area contributed by atoms with Gasteiger partial charge in [0.15, 0.2) is 6.61 Å². The van der Waals surface area contributed by atoms with Crippen LogP contribution in [0.3, 0.4) is 0 Å². The molecular weight excluding hydrogens is 346 g/mol. The van der Waals surface area contributed by atoms with Crippen LogP contribution in [0.2, 0.25) is 0 Å². The van der Waals surface area contributed by atoms with Crippen molar-refractivity contribution >= 4 is 17.6 Å². The van der Waals surface area contributed by atoms with Crippen LogP contribution in [-0.2, 0) is 10.2 Å². The first-order valence-electron chi connectivity index (χ1n) is 8.51. The summed E-state index contributed by atoms with van der Waals surface area (Å²) in [6.07, 6.45) is 0. The maximum absolute atomic E-state index is 11.8. The fourth-order valence-electron chi connectivity index (χ4n) is 2.20. The van der Waals surface area contributed by atoms with Crippen LogP contribution in [0.4, 0.5) is 10.5 Å². The molecule has 0 unspecified atom stereocenters. The molecular formula is C20H25N3O4. The molecule has 0 fully saturated rings. The number of urea groups is 1. The smallest absolute Gasteiger partial charge is 0.337 e. The molecule has 0 bridgehead atoms. The van der Waals surface area contributed by atoms with Crippen molar-refractivity contribution in [3.63, 3.8) is 0 Å². The van der Waals surface area contributed by atoms with Crippen molar-refractivity contribution in [3.05, 3.63) is 54.1 Å². The van der Waals surface area contributed by atoms with E-state index in [1.165, 1.54) is 5.56 Å². The molecule has 0 radical (unpaired) electrons. The largest absolute Gasteiger partial charge is 0.497 e. The minimum atomic E-state index is -0.567. The summed E-state index contributed by atoms with van der Waals surface area (Å²) < 4.78 is 10.5. The molecule has 0 aromatic heterocycles. The van der Waals surface area contributed by atoms with Crippen LogP contribution in [0, 0.1) is 0 Å². The first-order valence-corrected chi connectivity index (χ1v) is 8.51. The summed E-state index contributed by atoms with van der Waals surface area (Å²) in [6.45, 7) is 6.16. The Morgan fingerprint density at radius 1 is 0.889 bits per heavy atom. The van der Waals surface area contributed by atoms with Gasteiger partial charge in [0.1, 0.15) is 11.5 Å². The predicted octanol–water partition coefficient (Wildman–Crippen LogP) is 3.22. The molecule has 0 aliphatic rings. The number of rotatable bonds is 5. The molecule has 144 valence electrons. The molecule has 3 amide bonds. The van der Waals surface area contributed by atoms with E-state index >= 15 is 0 Å². The predicted molar refractivity (Wildman–Crippen MR) is 104 cm³/mol. The van der Waals surface area contributed by atoms with Crippen LogP contribution in [0.5, 0.6) is 11.5 Å². The average molecular weight is 371 g/mol. The molecule has 7 heteroatoms. The number of hydrogen-bond acceptors (Lipinski definition) is 4. The Morgan fingerprint density at radius 3 is 2.04 bits per heavy atom. The van der Waals surface area contributed by atoms with Crippen LogP contribution in [-0.4, -0.2) is 25.7 Å². The summed E-state index contributed by atoms with van der Waals surface area (Å²) in [5.74, 6) is 0.794. The fourth-order valence-corrected chi connectivity index (χ4v) is 2.20. The fraction of sp³-hybridized carbons (Fsp3) is 0.300. The molecule has 2 aromatic rings. The van der Waals surface area contributed by atoms with E-state index in [0.717, 1.165) is 0 Å². The van der Waals surface area contributed by atoms with Crippen molar-refractivity contribution in [3.8, 4) is 11.5 Å². The number of nitrogens with one attached hydrogen (secondary N) is 3. The van der Waals surface area contributed by atoms with Crippen molar-refractivity contribution in [1.29, 1.82) is 0 Å². The van der Waals surface area contributed by atoms with Crippen LogP contribution in [0.15, 0.2) is 48.5 Å².